The molecule has 8 heteroatoms. The van der Waals surface area contributed by atoms with E-state index in [1.54, 1.807) is 42.5 Å². The number of aliphatic hydroxyl groups is 1. The summed E-state index contributed by atoms with van der Waals surface area (Å²) in [4.78, 5) is 31.3. The van der Waals surface area contributed by atoms with Gasteiger partial charge in [-0.3, -0.25) is 9.59 Å². The number of ketones is 1. The summed E-state index contributed by atoms with van der Waals surface area (Å²) in [5.74, 6) is -1.14. The van der Waals surface area contributed by atoms with Gasteiger partial charge in [0.1, 0.15) is 11.5 Å². The van der Waals surface area contributed by atoms with E-state index in [4.69, 9.17) is 27.9 Å². The molecule has 0 radical (unpaired) electrons. The highest BCUT2D eigenvalue weighted by molar-refractivity contribution is 6.47. The number of benzene rings is 3. The first kappa shape index (κ1) is 24.0. The Morgan fingerprint density at radius 2 is 1.81 bits per heavy atom. The van der Waals surface area contributed by atoms with Crippen LogP contribution in [-0.2, 0) is 16.0 Å². The molecule has 182 valence electrons. The largest absolute Gasteiger partial charge is 0.507 e. The molecule has 0 aliphatic carbocycles. The summed E-state index contributed by atoms with van der Waals surface area (Å²) >= 11 is 12.7. The second-order valence-electron chi connectivity index (χ2n) is 8.50. The number of halogens is 2. The molecule has 6 nitrogen and oxygen atoms in total. The van der Waals surface area contributed by atoms with Crippen LogP contribution in [0.15, 0.2) is 78.5 Å². The molecule has 1 fully saturated rings. The Bertz CT molecular complexity index is 1510. The van der Waals surface area contributed by atoms with Gasteiger partial charge in [0.05, 0.1) is 18.7 Å². The van der Waals surface area contributed by atoms with Crippen LogP contribution in [0, 0.1) is 0 Å². The number of amides is 1. The minimum Gasteiger partial charge on any atom is -0.507 e. The number of para-hydroxylation sites is 1. The number of hydrogen-bond acceptors (Lipinski definition) is 4. The molecule has 5 rings (SSSR count). The van der Waals surface area contributed by atoms with Crippen LogP contribution in [0.5, 0.6) is 5.75 Å². The number of carbonyl (C=O) groups is 2. The Labute approximate surface area is 217 Å². The number of rotatable bonds is 6. The summed E-state index contributed by atoms with van der Waals surface area (Å²) in [6.45, 7) is 0.245. The van der Waals surface area contributed by atoms with Gasteiger partial charge in [-0.2, -0.15) is 0 Å². The maximum absolute atomic E-state index is 13.3. The molecule has 0 bridgehead atoms. The van der Waals surface area contributed by atoms with Gasteiger partial charge in [0.2, 0.25) is 0 Å². The third kappa shape index (κ3) is 4.23. The Kier molecular flexibility index (Phi) is 6.48. The van der Waals surface area contributed by atoms with E-state index in [-0.39, 0.29) is 17.9 Å². The summed E-state index contributed by atoms with van der Waals surface area (Å²) in [6, 6.07) is 18.5. The van der Waals surface area contributed by atoms with Crippen molar-refractivity contribution in [2.45, 2.75) is 12.5 Å². The zero-order valence-corrected chi connectivity index (χ0v) is 20.8. The number of ether oxygens (including phenoxy) is 1. The zero-order valence-electron chi connectivity index (χ0n) is 19.3. The minimum absolute atomic E-state index is 0.0201. The van der Waals surface area contributed by atoms with Crippen molar-refractivity contribution in [2.24, 2.45) is 0 Å². The molecule has 1 amide bonds. The summed E-state index contributed by atoms with van der Waals surface area (Å²) in [6.07, 6.45) is 2.41. The van der Waals surface area contributed by atoms with Crippen molar-refractivity contribution < 1.29 is 19.4 Å². The molecule has 2 heterocycles. The molecule has 2 N–H and O–H groups in total. The number of hydrogen-bond donors (Lipinski definition) is 2. The molecule has 0 spiro atoms. The third-order valence-corrected chi connectivity index (χ3v) is 7.02. The lowest BCUT2D eigenvalue weighted by molar-refractivity contribution is -0.139. The van der Waals surface area contributed by atoms with Crippen LogP contribution in [0.3, 0.4) is 0 Å². The van der Waals surface area contributed by atoms with Gasteiger partial charge in [-0.1, -0.05) is 47.5 Å². The highest BCUT2D eigenvalue weighted by Gasteiger charge is 2.46. The molecular formula is C28H22Cl2N2O4. The number of likely N-dealkylation sites (tertiary alicyclic amines) is 1. The smallest absolute Gasteiger partial charge is 0.295 e. The number of aliphatic hydroxyl groups excluding tert-OH is 1. The first-order chi connectivity index (χ1) is 17.4. The molecule has 1 saturated heterocycles. The van der Waals surface area contributed by atoms with Crippen molar-refractivity contribution in [1.29, 1.82) is 0 Å². The predicted molar refractivity (Wildman–Crippen MR) is 140 cm³/mol. The maximum Gasteiger partial charge on any atom is 0.295 e. The van der Waals surface area contributed by atoms with Crippen LogP contribution in [0.1, 0.15) is 22.7 Å². The predicted octanol–water partition coefficient (Wildman–Crippen LogP) is 6.15. The van der Waals surface area contributed by atoms with Crippen LogP contribution < -0.4 is 4.74 Å². The molecule has 1 aliphatic heterocycles. The van der Waals surface area contributed by atoms with Crippen LogP contribution in [0.2, 0.25) is 10.0 Å². The highest BCUT2D eigenvalue weighted by Crippen LogP contribution is 2.42. The number of nitrogens with one attached hydrogen (secondary N) is 1. The van der Waals surface area contributed by atoms with Gasteiger partial charge < -0.3 is 19.7 Å². The number of H-pyrrole nitrogens is 1. The first-order valence-corrected chi connectivity index (χ1v) is 12.1. The second-order valence-corrected chi connectivity index (χ2v) is 9.34. The normalized spacial score (nSPS) is 17.2. The molecule has 3 aromatic carbocycles. The number of aromatic nitrogens is 1. The average molecular weight is 521 g/mol. The van der Waals surface area contributed by atoms with Gasteiger partial charge in [-0.15, -0.1) is 0 Å². The van der Waals surface area contributed by atoms with E-state index < -0.39 is 17.7 Å². The van der Waals surface area contributed by atoms with Crippen LogP contribution in [0.25, 0.3) is 16.7 Å². The summed E-state index contributed by atoms with van der Waals surface area (Å²) < 4.78 is 5.19. The van der Waals surface area contributed by atoms with Crippen LogP contribution in [0.4, 0.5) is 0 Å². The van der Waals surface area contributed by atoms with Gasteiger partial charge in [-0.25, -0.2) is 0 Å². The molecule has 36 heavy (non-hydrogen) atoms. The molecule has 1 aromatic heterocycles. The summed E-state index contributed by atoms with van der Waals surface area (Å²) in [5.41, 5.74) is 2.89. The van der Waals surface area contributed by atoms with E-state index in [1.165, 1.54) is 12.0 Å². The van der Waals surface area contributed by atoms with Crippen LogP contribution >= 0.6 is 23.2 Å². The number of aromatic amines is 1. The summed E-state index contributed by atoms with van der Waals surface area (Å²) in [5, 5.41) is 13.0. The minimum atomic E-state index is -0.873. The fraction of sp³-hybridized carbons (Fsp3) is 0.143. The molecule has 1 aliphatic rings. The lowest BCUT2D eigenvalue weighted by Crippen LogP contribution is -2.31. The second kappa shape index (κ2) is 9.72. The van der Waals surface area contributed by atoms with E-state index in [0.29, 0.717) is 33.3 Å². The first-order valence-electron chi connectivity index (χ1n) is 11.3. The number of fused-ring (bicyclic) bond motifs is 1. The molecule has 1 atom stereocenters. The van der Waals surface area contributed by atoms with E-state index >= 15 is 0 Å². The Morgan fingerprint density at radius 3 is 2.53 bits per heavy atom. The number of methoxy groups -OCH3 is 1. The fourth-order valence-electron chi connectivity index (χ4n) is 4.64. The van der Waals surface area contributed by atoms with E-state index in [0.717, 1.165) is 16.5 Å². The van der Waals surface area contributed by atoms with E-state index in [9.17, 15) is 14.7 Å². The Balaban J connectivity index is 1.58. The van der Waals surface area contributed by atoms with Crippen molar-refractivity contribution >= 4 is 51.6 Å². The zero-order chi connectivity index (χ0) is 25.4. The quantitative estimate of drug-likeness (QED) is 0.181. The van der Waals surface area contributed by atoms with Gasteiger partial charge in [0.15, 0.2) is 0 Å². The van der Waals surface area contributed by atoms with Gasteiger partial charge >= 0.3 is 0 Å². The standard InChI is InChI=1S/C28H22Cl2N2O4/c1-36-19-9-6-16(7-10-19)26(33)24-25(21-11-8-18(29)14-22(21)30)32(28(35)27(24)34)13-12-17-15-31-23-5-3-2-4-20(17)23/h2-11,14-15,25,31,33H,12-13H2,1H3/b26-24-. The monoisotopic (exact) mass is 520 g/mol. The van der Waals surface area contributed by atoms with Gasteiger partial charge in [0.25, 0.3) is 11.7 Å². The lowest BCUT2D eigenvalue weighted by Gasteiger charge is -2.26. The van der Waals surface area contributed by atoms with E-state index in [2.05, 4.69) is 4.98 Å². The van der Waals surface area contributed by atoms with Gasteiger partial charge in [0, 0.05) is 39.3 Å². The van der Waals surface area contributed by atoms with Crippen molar-refractivity contribution in [3.63, 3.8) is 0 Å². The molecule has 4 aromatic rings. The van der Waals surface area contributed by atoms with Crippen LogP contribution in [-0.4, -0.2) is 40.3 Å². The third-order valence-electron chi connectivity index (χ3n) is 6.46. The molecule has 1 unspecified atom stereocenters. The fourth-order valence-corrected chi connectivity index (χ4v) is 5.15. The lowest BCUT2D eigenvalue weighted by atomic mass is 9.95. The molecule has 0 saturated carbocycles. The van der Waals surface area contributed by atoms with Crippen molar-refractivity contribution in [2.75, 3.05) is 13.7 Å². The van der Waals surface area contributed by atoms with Gasteiger partial charge in [-0.05, 0) is 60.0 Å². The Hall–Kier alpha value is -3.74. The average Bonchev–Trinajstić information content (AvgIpc) is 3.41. The number of nitrogens with zero attached hydrogens (tertiary/aromatic N) is 1. The van der Waals surface area contributed by atoms with Crippen molar-refractivity contribution in [1.82, 2.24) is 9.88 Å². The molecular weight excluding hydrogens is 499 g/mol. The maximum atomic E-state index is 13.3. The summed E-state index contributed by atoms with van der Waals surface area (Å²) in [7, 11) is 1.54. The SMILES string of the molecule is COc1ccc(/C(O)=C2/C(=O)C(=O)N(CCc3c[nH]c4ccccc34)C2c2ccc(Cl)cc2Cl)cc1. The number of carbonyl (C=O) groups excluding carboxylic acids is 2. The number of Topliss-reactive ketones (excluding diaryl/α,β-unsaturated/α-hetero) is 1. The van der Waals surface area contributed by atoms with E-state index in [1.807, 2.05) is 30.5 Å². The Morgan fingerprint density at radius 1 is 1.06 bits per heavy atom. The van der Waals surface area contributed by atoms with Crippen molar-refractivity contribution in [3.05, 3.63) is 105 Å². The topological polar surface area (TPSA) is 82.6 Å². The highest BCUT2D eigenvalue weighted by atomic mass is 35.5. The van der Waals surface area contributed by atoms with Crippen molar-refractivity contribution in [3.8, 4) is 5.75 Å².